The van der Waals surface area contributed by atoms with E-state index in [0.717, 1.165) is 12.0 Å². The van der Waals surface area contributed by atoms with Crippen LogP contribution in [0.1, 0.15) is 49.5 Å². The fourth-order valence-electron chi connectivity index (χ4n) is 2.89. The third-order valence-corrected chi connectivity index (χ3v) is 5.99. The quantitative estimate of drug-likeness (QED) is 0.743. The lowest BCUT2D eigenvalue weighted by molar-refractivity contribution is 0.0504. The van der Waals surface area contributed by atoms with E-state index in [1.54, 1.807) is 18.2 Å². The smallest absolute Gasteiger partial charge is 0.337 e. The second kappa shape index (κ2) is 7.74. The first-order valence-corrected chi connectivity index (χ1v) is 10.3. The van der Waals surface area contributed by atoms with E-state index >= 15 is 0 Å². The van der Waals surface area contributed by atoms with Gasteiger partial charge in [0.1, 0.15) is 11.4 Å². The zero-order chi connectivity index (χ0) is 18.7. The maximum Gasteiger partial charge on any atom is 0.337 e. The van der Waals surface area contributed by atoms with Gasteiger partial charge >= 0.3 is 5.97 Å². The van der Waals surface area contributed by atoms with Crippen molar-refractivity contribution in [3.63, 3.8) is 0 Å². The van der Waals surface area contributed by atoms with Gasteiger partial charge in [-0.25, -0.2) is 13.2 Å². The Hall–Kier alpha value is -1.60. The Morgan fingerprint density at radius 2 is 2.12 bits per heavy atom. The summed E-state index contributed by atoms with van der Waals surface area (Å²) < 4.78 is 35.0. The molecule has 1 unspecified atom stereocenters. The Morgan fingerprint density at radius 1 is 1.40 bits per heavy atom. The van der Waals surface area contributed by atoms with Gasteiger partial charge in [-0.2, -0.15) is 0 Å². The predicted molar refractivity (Wildman–Crippen MR) is 96.7 cm³/mol. The molecule has 0 aromatic heterocycles. The topological polar surface area (TPSA) is 81.7 Å². The summed E-state index contributed by atoms with van der Waals surface area (Å²) in [6.45, 7) is 5.83. The third kappa shape index (κ3) is 4.95. The molecule has 1 aromatic rings. The molecule has 0 radical (unpaired) electrons. The summed E-state index contributed by atoms with van der Waals surface area (Å²) >= 11 is 0. The molecule has 0 spiro atoms. The van der Waals surface area contributed by atoms with E-state index in [2.05, 4.69) is 5.32 Å². The summed E-state index contributed by atoms with van der Waals surface area (Å²) in [5.74, 6) is 0.424. The van der Waals surface area contributed by atoms with Crippen LogP contribution in [0.5, 0.6) is 5.75 Å². The number of fused-ring (bicyclic) bond motifs is 1. The minimum absolute atomic E-state index is 0.0729. The van der Waals surface area contributed by atoms with Crippen LogP contribution in [-0.4, -0.2) is 44.8 Å². The molecule has 0 aliphatic carbocycles. The van der Waals surface area contributed by atoms with Crippen LogP contribution in [0.4, 0.5) is 0 Å². The van der Waals surface area contributed by atoms with Crippen molar-refractivity contribution in [1.29, 1.82) is 0 Å². The van der Waals surface area contributed by atoms with E-state index in [1.807, 2.05) is 20.8 Å². The zero-order valence-electron chi connectivity index (χ0n) is 15.3. The molecule has 6 nitrogen and oxygen atoms in total. The van der Waals surface area contributed by atoms with E-state index in [4.69, 9.17) is 9.47 Å². The van der Waals surface area contributed by atoms with Crippen LogP contribution in [0.3, 0.4) is 0 Å². The maximum atomic E-state index is 12.1. The number of nitrogens with one attached hydrogen (secondary N) is 1. The second-order valence-corrected chi connectivity index (χ2v) is 9.11. The highest BCUT2D eigenvalue weighted by Crippen LogP contribution is 2.34. The van der Waals surface area contributed by atoms with Gasteiger partial charge in [0, 0.05) is 0 Å². The third-order valence-electron chi connectivity index (χ3n) is 4.48. The number of methoxy groups -OCH3 is 1. The molecule has 140 valence electrons. The summed E-state index contributed by atoms with van der Waals surface area (Å²) in [6, 6.07) is 5.00. The summed E-state index contributed by atoms with van der Waals surface area (Å²) in [6.07, 6.45) is 2.09. The number of sulfone groups is 1. The van der Waals surface area contributed by atoms with E-state index in [9.17, 15) is 13.2 Å². The molecule has 0 saturated carbocycles. The van der Waals surface area contributed by atoms with Gasteiger partial charge < -0.3 is 9.47 Å². The van der Waals surface area contributed by atoms with Crippen LogP contribution in [0.25, 0.3) is 0 Å². The summed E-state index contributed by atoms with van der Waals surface area (Å²) in [4.78, 5) is 11.7. The molecule has 0 saturated heterocycles. The summed E-state index contributed by atoms with van der Waals surface area (Å²) in [7, 11) is -1.80. The molecule has 1 heterocycles. The zero-order valence-corrected chi connectivity index (χ0v) is 16.1. The molecular weight excluding hydrogens is 342 g/mol. The number of rotatable bonds is 7. The van der Waals surface area contributed by atoms with Gasteiger partial charge in [-0.05, 0) is 50.5 Å². The van der Waals surface area contributed by atoms with Crippen molar-refractivity contribution >= 4 is 15.8 Å². The van der Waals surface area contributed by atoms with E-state index < -0.39 is 21.4 Å². The van der Waals surface area contributed by atoms with E-state index in [-0.39, 0.29) is 17.7 Å². The Labute approximate surface area is 149 Å². The van der Waals surface area contributed by atoms with Gasteiger partial charge in [0.15, 0.2) is 9.84 Å². The number of ether oxygens (including phenoxy) is 2. The average molecular weight is 369 g/mol. The Balaban J connectivity index is 2.14. The van der Waals surface area contributed by atoms with Gasteiger partial charge in [0.2, 0.25) is 0 Å². The number of esters is 1. The van der Waals surface area contributed by atoms with Crippen molar-refractivity contribution < 1.29 is 22.7 Å². The van der Waals surface area contributed by atoms with Crippen molar-refractivity contribution in [1.82, 2.24) is 5.32 Å². The molecular formula is C18H27NO5S. The standard InChI is InChI=1S/C18H27NO5S/c1-5-6-9-25(21,22)12-19-16-11-14-10-13(17(20)23-4)7-8-15(14)24-18(16,2)3/h7-8,10,16,19H,5-6,9,11-12H2,1-4H3. The number of carbonyl (C=O) groups excluding carboxylic acids is 1. The normalized spacial score (nSPS) is 19.0. The highest BCUT2D eigenvalue weighted by Gasteiger charge is 2.37. The van der Waals surface area contributed by atoms with E-state index in [0.29, 0.717) is 24.2 Å². The van der Waals surface area contributed by atoms with Crippen LogP contribution in [0.15, 0.2) is 18.2 Å². The molecule has 1 aliphatic rings. The fourth-order valence-corrected chi connectivity index (χ4v) is 4.21. The Bertz CT molecular complexity index is 727. The lowest BCUT2D eigenvalue weighted by Gasteiger charge is -2.40. The fraction of sp³-hybridized carbons (Fsp3) is 0.611. The van der Waals surface area contributed by atoms with Crippen molar-refractivity contribution in [3.8, 4) is 5.75 Å². The first-order valence-electron chi connectivity index (χ1n) is 8.52. The van der Waals surface area contributed by atoms with Gasteiger partial charge in [-0.1, -0.05) is 13.3 Å². The number of carbonyl (C=O) groups is 1. The molecule has 25 heavy (non-hydrogen) atoms. The maximum absolute atomic E-state index is 12.1. The number of hydrogen-bond acceptors (Lipinski definition) is 6. The monoisotopic (exact) mass is 369 g/mol. The Kier molecular flexibility index (Phi) is 6.11. The average Bonchev–Trinajstić information content (AvgIpc) is 2.56. The largest absolute Gasteiger partial charge is 0.486 e. The highest BCUT2D eigenvalue weighted by molar-refractivity contribution is 7.91. The first-order chi connectivity index (χ1) is 11.7. The van der Waals surface area contributed by atoms with Crippen molar-refractivity contribution in [2.45, 2.75) is 51.7 Å². The highest BCUT2D eigenvalue weighted by atomic mass is 32.2. The lowest BCUT2D eigenvalue weighted by atomic mass is 9.88. The number of benzene rings is 1. The van der Waals surface area contributed by atoms with Crippen molar-refractivity contribution in [3.05, 3.63) is 29.3 Å². The minimum atomic E-state index is -3.14. The summed E-state index contributed by atoms with van der Waals surface area (Å²) in [5.41, 5.74) is 0.768. The van der Waals surface area contributed by atoms with Gasteiger partial charge in [0.25, 0.3) is 0 Å². The summed E-state index contributed by atoms with van der Waals surface area (Å²) in [5, 5.41) is 3.14. The van der Waals surface area contributed by atoms with Crippen molar-refractivity contribution in [2.75, 3.05) is 18.7 Å². The second-order valence-electron chi connectivity index (χ2n) is 6.93. The molecule has 1 atom stereocenters. The molecule has 0 amide bonds. The van der Waals surface area contributed by atoms with E-state index in [1.165, 1.54) is 7.11 Å². The van der Waals surface area contributed by atoms with Crippen LogP contribution >= 0.6 is 0 Å². The first kappa shape index (κ1) is 19.7. The van der Waals surface area contributed by atoms with Gasteiger partial charge in [-0.15, -0.1) is 0 Å². The lowest BCUT2D eigenvalue weighted by Crippen LogP contribution is -2.55. The molecule has 7 heteroatoms. The molecule has 1 aromatic carbocycles. The van der Waals surface area contributed by atoms with Gasteiger partial charge in [-0.3, -0.25) is 5.32 Å². The SMILES string of the molecule is CCCCS(=O)(=O)CNC1Cc2cc(C(=O)OC)ccc2OC1(C)C. The van der Waals surface area contributed by atoms with Crippen LogP contribution in [0.2, 0.25) is 0 Å². The Morgan fingerprint density at radius 3 is 2.76 bits per heavy atom. The number of hydrogen-bond donors (Lipinski definition) is 1. The molecule has 0 bridgehead atoms. The minimum Gasteiger partial charge on any atom is -0.486 e. The molecule has 1 aliphatic heterocycles. The molecule has 0 fully saturated rings. The van der Waals surface area contributed by atoms with Gasteiger partial charge in [0.05, 0.1) is 30.3 Å². The van der Waals surface area contributed by atoms with Crippen LogP contribution in [-0.2, 0) is 21.0 Å². The van der Waals surface area contributed by atoms with Crippen LogP contribution < -0.4 is 10.1 Å². The number of unbranched alkanes of at least 4 members (excludes halogenated alkanes) is 1. The van der Waals surface area contributed by atoms with Crippen molar-refractivity contribution in [2.24, 2.45) is 0 Å². The molecule has 1 N–H and O–H groups in total. The van der Waals surface area contributed by atoms with Crippen LogP contribution in [0, 0.1) is 0 Å². The molecule has 2 rings (SSSR count). The predicted octanol–water partition coefficient (Wildman–Crippen LogP) is 2.32.